The summed E-state index contributed by atoms with van der Waals surface area (Å²) in [5.41, 5.74) is 0.924. The minimum absolute atomic E-state index is 0.0707. The maximum atomic E-state index is 12.2. The number of methoxy groups -OCH3 is 1. The number of ether oxygens (including phenoxy) is 1. The highest BCUT2D eigenvalue weighted by Crippen LogP contribution is 2.49. The van der Waals surface area contributed by atoms with Gasteiger partial charge in [-0.2, -0.15) is 5.10 Å². The van der Waals surface area contributed by atoms with E-state index in [0.29, 0.717) is 17.9 Å². The van der Waals surface area contributed by atoms with E-state index in [1.54, 1.807) is 6.20 Å². The zero-order valence-electron chi connectivity index (χ0n) is 11.4. The molecule has 0 radical (unpaired) electrons. The smallest absolute Gasteiger partial charge is 0.306 e. The van der Waals surface area contributed by atoms with Gasteiger partial charge < -0.3 is 4.74 Å². The SMILES string of the molecule is CCn1cc(CS(=O)CC2(CC(=O)OC)CC2)cn1. The predicted molar refractivity (Wildman–Crippen MR) is 72.9 cm³/mol. The van der Waals surface area contributed by atoms with Gasteiger partial charge in [0.2, 0.25) is 0 Å². The van der Waals surface area contributed by atoms with Gasteiger partial charge in [0.05, 0.1) is 25.5 Å². The van der Waals surface area contributed by atoms with Crippen LogP contribution in [-0.2, 0) is 32.6 Å². The minimum atomic E-state index is -0.946. The minimum Gasteiger partial charge on any atom is -0.469 e. The molecule has 0 aromatic carbocycles. The first-order valence-corrected chi connectivity index (χ1v) is 7.99. The van der Waals surface area contributed by atoms with Crippen molar-refractivity contribution >= 4 is 16.8 Å². The van der Waals surface area contributed by atoms with E-state index >= 15 is 0 Å². The van der Waals surface area contributed by atoms with Crippen molar-refractivity contribution in [2.75, 3.05) is 12.9 Å². The molecule has 0 aliphatic heterocycles. The van der Waals surface area contributed by atoms with Crippen LogP contribution < -0.4 is 0 Å². The number of aryl methyl sites for hydroxylation is 1. The van der Waals surface area contributed by atoms with Crippen LogP contribution in [0.3, 0.4) is 0 Å². The maximum absolute atomic E-state index is 12.2. The van der Waals surface area contributed by atoms with Gasteiger partial charge in [0.25, 0.3) is 0 Å². The molecular formula is C13H20N2O3S. The van der Waals surface area contributed by atoms with Gasteiger partial charge in [-0.25, -0.2) is 0 Å². The van der Waals surface area contributed by atoms with E-state index in [1.165, 1.54) is 7.11 Å². The van der Waals surface area contributed by atoms with Crippen molar-refractivity contribution in [3.63, 3.8) is 0 Å². The summed E-state index contributed by atoms with van der Waals surface area (Å²) in [6.45, 7) is 2.84. The molecule has 0 N–H and O–H groups in total. The van der Waals surface area contributed by atoms with E-state index in [9.17, 15) is 9.00 Å². The van der Waals surface area contributed by atoms with E-state index in [2.05, 4.69) is 5.10 Å². The molecule has 1 fully saturated rings. The fourth-order valence-corrected chi connectivity index (χ4v) is 3.86. The van der Waals surface area contributed by atoms with Gasteiger partial charge in [-0.15, -0.1) is 0 Å². The maximum Gasteiger partial charge on any atom is 0.306 e. The number of aromatic nitrogens is 2. The number of hydrogen-bond donors (Lipinski definition) is 0. The quantitative estimate of drug-likeness (QED) is 0.712. The fraction of sp³-hybridized carbons (Fsp3) is 0.692. The monoisotopic (exact) mass is 284 g/mol. The van der Waals surface area contributed by atoms with E-state index in [4.69, 9.17) is 4.74 Å². The Bertz CT molecular complexity index is 480. The molecule has 1 aliphatic rings. The van der Waals surface area contributed by atoms with Crippen LogP contribution in [0.4, 0.5) is 0 Å². The lowest BCUT2D eigenvalue weighted by Crippen LogP contribution is -2.18. The third-order valence-electron chi connectivity index (χ3n) is 3.51. The van der Waals surface area contributed by atoms with Crippen LogP contribution in [0.15, 0.2) is 12.4 Å². The first-order valence-electron chi connectivity index (χ1n) is 6.50. The van der Waals surface area contributed by atoms with Crippen LogP contribution in [-0.4, -0.2) is 32.8 Å². The van der Waals surface area contributed by atoms with E-state index in [1.807, 2.05) is 17.8 Å². The summed E-state index contributed by atoms with van der Waals surface area (Å²) in [7, 11) is 0.451. The Balaban J connectivity index is 1.86. The summed E-state index contributed by atoms with van der Waals surface area (Å²) in [6.07, 6.45) is 6.03. The van der Waals surface area contributed by atoms with Gasteiger partial charge >= 0.3 is 5.97 Å². The van der Waals surface area contributed by atoms with Crippen molar-refractivity contribution in [3.8, 4) is 0 Å². The van der Waals surface area contributed by atoms with Crippen LogP contribution >= 0.6 is 0 Å². The van der Waals surface area contributed by atoms with Crippen molar-refractivity contribution in [1.82, 2.24) is 9.78 Å². The van der Waals surface area contributed by atoms with E-state index in [0.717, 1.165) is 24.9 Å². The van der Waals surface area contributed by atoms with Gasteiger partial charge in [-0.3, -0.25) is 13.7 Å². The average Bonchev–Trinajstić information content (AvgIpc) is 2.96. The Kier molecular flexibility index (Phi) is 4.39. The molecule has 1 aromatic rings. The lowest BCUT2D eigenvalue weighted by atomic mass is 10.1. The largest absolute Gasteiger partial charge is 0.469 e. The standard InChI is InChI=1S/C13H20N2O3S/c1-3-15-8-11(7-14-15)9-19(17)10-13(4-5-13)6-12(16)18-2/h7-8H,3-6,9-10H2,1-2H3. The first-order chi connectivity index (χ1) is 9.07. The number of rotatable bonds is 7. The Hall–Kier alpha value is -1.17. The van der Waals surface area contributed by atoms with Crippen molar-refractivity contribution in [2.24, 2.45) is 5.41 Å². The van der Waals surface area contributed by atoms with Gasteiger partial charge in [0.15, 0.2) is 0 Å². The van der Waals surface area contributed by atoms with Crippen LogP contribution in [0.2, 0.25) is 0 Å². The normalized spacial score (nSPS) is 18.0. The van der Waals surface area contributed by atoms with Gasteiger partial charge in [-0.1, -0.05) is 0 Å². The third-order valence-corrected chi connectivity index (χ3v) is 5.10. The molecule has 0 bridgehead atoms. The van der Waals surface area contributed by atoms with Crippen LogP contribution in [0.25, 0.3) is 0 Å². The lowest BCUT2D eigenvalue weighted by molar-refractivity contribution is -0.141. The summed E-state index contributed by atoms with van der Waals surface area (Å²) in [5.74, 6) is 0.899. The highest BCUT2D eigenvalue weighted by atomic mass is 32.2. The van der Waals surface area contributed by atoms with Gasteiger partial charge in [0.1, 0.15) is 0 Å². The van der Waals surface area contributed by atoms with Crippen molar-refractivity contribution in [1.29, 1.82) is 0 Å². The molecule has 0 amide bonds. The van der Waals surface area contributed by atoms with Crippen molar-refractivity contribution in [3.05, 3.63) is 18.0 Å². The molecule has 5 nitrogen and oxygen atoms in total. The molecule has 106 valence electrons. The number of esters is 1. The van der Waals surface area contributed by atoms with Gasteiger partial charge in [0, 0.05) is 34.9 Å². The van der Waals surface area contributed by atoms with E-state index < -0.39 is 10.8 Å². The number of nitrogens with zero attached hydrogens (tertiary/aromatic N) is 2. The van der Waals surface area contributed by atoms with E-state index in [-0.39, 0.29) is 11.4 Å². The highest BCUT2D eigenvalue weighted by Gasteiger charge is 2.45. The zero-order valence-corrected chi connectivity index (χ0v) is 12.2. The molecule has 1 saturated carbocycles. The summed E-state index contributed by atoms with van der Waals surface area (Å²) in [6, 6.07) is 0. The molecule has 6 heteroatoms. The number of carbonyl (C=O) groups excluding carboxylic acids is 1. The first kappa shape index (κ1) is 14.2. The number of hydrogen-bond acceptors (Lipinski definition) is 4. The topological polar surface area (TPSA) is 61.2 Å². The molecule has 1 heterocycles. The highest BCUT2D eigenvalue weighted by molar-refractivity contribution is 7.84. The Morgan fingerprint density at radius 1 is 1.58 bits per heavy atom. The summed E-state index contributed by atoms with van der Waals surface area (Å²) < 4.78 is 18.7. The molecule has 1 aromatic heterocycles. The second-order valence-corrected chi connectivity index (χ2v) is 6.64. The second-order valence-electron chi connectivity index (χ2n) is 5.19. The molecular weight excluding hydrogens is 264 g/mol. The molecule has 1 aliphatic carbocycles. The second kappa shape index (κ2) is 5.86. The summed E-state index contributed by atoms with van der Waals surface area (Å²) >= 11 is 0. The van der Waals surface area contributed by atoms with Crippen LogP contribution in [0, 0.1) is 5.41 Å². The van der Waals surface area contributed by atoms with Crippen LogP contribution in [0.1, 0.15) is 31.7 Å². The Morgan fingerprint density at radius 3 is 2.84 bits per heavy atom. The van der Waals surface area contributed by atoms with Gasteiger partial charge in [-0.05, 0) is 25.2 Å². The number of carbonyl (C=O) groups is 1. The Morgan fingerprint density at radius 2 is 2.32 bits per heavy atom. The lowest BCUT2D eigenvalue weighted by Gasteiger charge is -2.12. The molecule has 0 saturated heterocycles. The van der Waals surface area contributed by atoms with Crippen LogP contribution in [0.5, 0.6) is 0 Å². The summed E-state index contributed by atoms with van der Waals surface area (Å²) in [4.78, 5) is 11.3. The molecule has 1 unspecified atom stereocenters. The zero-order chi connectivity index (χ0) is 13.9. The van der Waals surface area contributed by atoms with Crippen molar-refractivity contribution in [2.45, 2.75) is 38.5 Å². The predicted octanol–water partition coefficient (Wildman–Crippen LogP) is 1.50. The summed E-state index contributed by atoms with van der Waals surface area (Å²) in [5, 5.41) is 4.17. The van der Waals surface area contributed by atoms with Crippen molar-refractivity contribution < 1.29 is 13.7 Å². The molecule has 2 rings (SSSR count). The Labute approximate surface area is 115 Å². The average molecular weight is 284 g/mol. The molecule has 19 heavy (non-hydrogen) atoms. The molecule has 0 spiro atoms. The fourth-order valence-electron chi connectivity index (χ4n) is 2.16. The third kappa shape index (κ3) is 3.89. The molecule has 1 atom stereocenters.